The highest BCUT2D eigenvalue weighted by Gasteiger charge is 2.43. The summed E-state index contributed by atoms with van der Waals surface area (Å²) in [6.07, 6.45) is 17.5. The predicted molar refractivity (Wildman–Crippen MR) is 274 cm³/mol. The predicted octanol–water partition coefficient (Wildman–Crippen LogP) is 5.61. The number of esters is 1. The molecule has 388 valence electrons. The second kappa shape index (κ2) is 22.2. The van der Waals surface area contributed by atoms with E-state index in [0.717, 1.165) is 134 Å². The van der Waals surface area contributed by atoms with Crippen LogP contribution in [0.15, 0.2) is 36.7 Å². The van der Waals surface area contributed by atoms with Crippen LogP contribution in [-0.4, -0.2) is 159 Å². The molecule has 3 atom stereocenters. The quantitative estimate of drug-likeness (QED) is 0.126. The Morgan fingerprint density at radius 2 is 1.49 bits per heavy atom. The van der Waals surface area contributed by atoms with E-state index >= 15 is 0 Å². The number of likely N-dealkylation sites (tertiary alicyclic amines) is 2. The summed E-state index contributed by atoms with van der Waals surface area (Å²) in [6, 6.07) is 10.2. The highest BCUT2D eigenvalue weighted by Crippen LogP contribution is 2.38. The van der Waals surface area contributed by atoms with Crippen LogP contribution in [-0.2, 0) is 31.0 Å². The monoisotopic (exact) mass is 989 g/mol. The molecule has 0 spiro atoms. The number of ether oxygens (including phenoxy) is 1. The summed E-state index contributed by atoms with van der Waals surface area (Å²) in [7, 11) is 1.85. The van der Waals surface area contributed by atoms with Crippen molar-refractivity contribution in [3.63, 3.8) is 0 Å². The number of nitrogens with zero attached hydrogens (tertiary/aromatic N) is 9. The first kappa shape index (κ1) is 49.9. The van der Waals surface area contributed by atoms with Crippen LogP contribution in [0.1, 0.15) is 131 Å². The summed E-state index contributed by atoms with van der Waals surface area (Å²) in [5, 5.41) is 13.5. The molecule has 72 heavy (non-hydrogen) atoms. The van der Waals surface area contributed by atoms with Crippen molar-refractivity contribution >= 4 is 52.7 Å². The fraction of sp³-hybridized carbons (Fsp3) is 0.667. The van der Waals surface area contributed by atoms with Crippen molar-refractivity contribution in [3.8, 4) is 0 Å². The van der Waals surface area contributed by atoms with Crippen LogP contribution >= 0.6 is 0 Å². The number of benzene rings is 1. The Balaban J connectivity index is 0.599. The minimum atomic E-state index is -0.433. The lowest BCUT2D eigenvalue weighted by atomic mass is 9.80. The average molecular weight is 989 g/mol. The molecule has 2 bridgehead atoms. The molecule has 5 aliphatic heterocycles. The third-order valence-electron chi connectivity index (χ3n) is 17.3. The summed E-state index contributed by atoms with van der Waals surface area (Å²) >= 11 is 0. The van der Waals surface area contributed by atoms with Gasteiger partial charge in [-0.3, -0.25) is 39.0 Å². The number of imide groups is 1. The Labute approximate surface area is 424 Å². The van der Waals surface area contributed by atoms with Gasteiger partial charge >= 0.3 is 5.97 Å². The van der Waals surface area contributed by atoms with E-state index in [4.69, 9.17) is 9.72 Å². The lowest BCUT2D eigenvalue weighted by Crippen LogP contribution is -2.54. The van der Waals surface area contributed by atoms with Crippen molar-refractivity contribution in [2.45, 2.75) is 140 Å². The molecule has 7 aliphatic rings. The molecule has 0 radical (unpaired) electrons. The van der Waals surface area contributed by atoms with Crippen LogP contribution < -0.4 is 20.9 Å². The Morgan fingerprint density at radius 1 is 0.792 bits per heavy atom. The van der Waals surface area contributed by atoms with Crippen LogP contribution in [0.5, 0.6) is 0 Å². The number of hydrogen-bond acceptors (Lipinski definition) is 14. The van der Waals surface area contributed by atoms with Gasteiger partial charge in [-0.2, -0.15) is 10.1 Å². The van der Waals surface area contributed by atoms with E-state index in [1.54, 1.807) is 24.7 Å². The fourth-order valence-electron chi connectivity index (χ4n) is 13.3. The normalized spacial score (nSPS) is 27.5. The molecular formula is C54H76N12O6. The first-order chi connectivity index (χ1) is 35.0. The number of hydrogen-bond donors (Lipinski definition) is 3. The van der Waals surface area contributed by atoms with Gasteiger partial charge in [-0.05, 0) is 134 Å². The maximum atomic E-state index is 13.8. The Bertz CT molecular complexity index is 2420. The molecule has 2 saturated carbocycles. The third-order valence-corrected chi connectivity index (χ3v) is 17.3. The molecule has 2 aliphatic carbocycles. The zero-order valence-corrected chi connectivity index (χ0v) is 42.7. The van der Waals surface area contributed by atoms with Crippen molar-refractivity contribution in [3.05, 3.63) is 53.5 Å². The largest absolute Gasteiger partial charge is 0.462 e. The van der Waals surface area contributed by atoms with Gasteiger partial charge in [0.25, 0.3) is 0 Å². The lowest BCUT2D eigenvalue weighted by Gasteiger charge is -2.43. The molecule has 3 aromatic rings. The zero-order valence-electron chi connectivity index (χ0n) is 42.7. The van der Waals surface area contributed by atoms with Crippen molar-refractivity contribution in [2.75, 3.05) is 81.0 Å². The Kier molecular flexibility index (Phi) is 15.4. The number of anilines is 4. The van der Waals surface area contributed by atoms with Gasteiger partial charge in [0.1, 0.15) is 11.4 Å². The van der Waals surface area contributed by atoms with E-state index in [9.17, 15) is 24.0 Å². The summed E-state index contributed by atoms with van der Waals surface area (Å²) in [5.41, 5.74) is 3.88. The molecule has 10 rings (SSSR count). The van der Waals surface area contributed by atoms with Crippen molar-refractivity contribution in [1.82, 2.24) is 44.7 Å². The lowest BCUT2D eigenvalue weighted by molar-refractivity contribution is -0.143. The highest BCUT2D eigenvalue weighted by molar-refractivity contribution is 6.01. The molecule has 1 aromatic carbocycles. The summed E-state index contributed by atoms with van der Waals surface area (Å²) < 4.78 is 7.09. The van der Waals surface area contributed by atoms with Gasteiger partial charge in [-0.15, -0.1) is 0 Å². The summed E-state index contributed by atoms with van der Waals surface area (Å²) in [6.45, 7) is 12.1. The number of piperazine rings is 2. The first-order valence-corrected chi connectivity index (χ1v) is 27.3. The fourth-order valence-corrected chi connectivity index (χ4v) is 13.3. The highest BCUT2D eigenvalue weighted by atomic mass is 16.5. The van der Waals surface area contributed by atoms with Crippen LogP contribution in [0.4, 0.5) is 23.1 Å². The molecule has 1 unspecified atom stereocenters. The topological polar surface area (TPSA) is 190 Å². The number of carbonyl (C=O) groups is 5. The molecule has 5 saturated heterocycles. The molecule has 18 nitrogen and oxygen atoms in total. The first-order valence-electron chi connectivity index (χ1n) is 27.3. The number of nitrogens with one attached hydrogen (secondary N) is 3. The second-order valence-corrected chi connectivity index (χ2v) is 21.9. The number of piperidine rings is 2. The average Bonchev–Trinajstić information content (AvgIpc) is 4.13. The van der Waals surface area contributed by atoms with E-state index in [1.807, 2.05) is 13.2 Å². The van der Waals surface area contributed by atoms with Crippen molar-refractivity contribution < 1.29 is 28.7 Å². The van der Waals surface area contributed by atoms with E-state index in [1.165, 1.54) is 24.9 Å². The number of carbonyl (C=O) groups excluding carboxylic acids is 5. The molecular weight excluding hydrogens is 913 g/mol. The van der Waals surface area contributed by atoms with Crippen molar-refractivity contribution in [1.29, 1.82) is 0 Å². The minimum absolute atomic E-state index is 0.0187. The Morgan fingerprint density at radius 3 is 2.11 bits per heavy atom. The summed E-state index contributed by atoms with van der Waals surface area (Å²) in [4.78, 5) is 85.9. The van der Waals surface area contributed by atoms with Gasteiger partial charge in [-0.25, -0.2) is 9.78 Å². The van der Waals surface area contributed by atoms with Gasteiger partial charge in [0, 0.05) is 114 Å². The molecule has 2 aromatic heterocycles. The summed E-state index contributed by atoms with van der Waals surface area (Å²) in [5.74, 6) is 1.18. The van der Waals surface area contributed by atoms with Crippen LogP contribution in [0, 0.1) is 24.7 Å². The molecule has 18 heteroatoms. The number of aryl methyl sites for hydroxylation is 2. The van der Waals surface area contributed by atoms with Crippen LogP contribution in [0.3, 0.4) is 0 Å². The van der Waals surface area contributed by atoms with E-state index < -0.39 is 5.97 Å². The van der Waals surface area contributed by atoms with E-state index in [2.05, 4.69) is 74.8 Å². The van der Waals surface area contributed by atoms with Gasteiger partial charge in [0.15, 0.2) is 0 Å². The molecule has 7 fully saturated rings. The maximum Gasteiger partial charge on any atom is 0.343 e. The van der Waals surface area contributed by atoms with Gasteiger partial charge in [0.2, 0.25) is 29.6 Å². The van der Waals surface area contributed by atoms with Crippen LogP contribution in [0.2, 0.25) is 0 Å². The van der Waals surface area contributed by atoms with Gasteiger partial charge < -0.3 is 30.1 Å². The van der Waals surface area contributed by atoms with Gasteiger partial charge in [0.05, 0.1) is 30.1 Å². The van der Waals surface area contributed by atoms with E-state index in [-0.39, 0.29) is 48.1 Å². The third kappa shape index (κ3) is 11.3. The SMILES string of the molecule is CCOC(=O)c1c(C)nc(Nc2cnn(C)c2)nc1NC1CCC(N2CCN(C(=O)C3CCC(C(=O)N4CCC(CCCN5C[C@@H]6C[C@H]5CN6c5ccc(C6CCC(=O)NC6=O)cc5)CC4)CC3)CC2)CC1. The van der Waals surface area contributed by atoms with Gasteiger partial charge in [-0.1, -0.05) is 12.1 Å². The second-order valence-electron chi connectivity index (χ2n) is 21.9. The maximum absolute atomic E-state index is 13.8. The van der Waals surface area contributed by atoms with E-state index in [0.29, 0.717) is 65.8 Å². The number of amides is 4. The number of fused-ring (bicyclic) bond motifs is 2. The molecule has 4 amide bonds. The number of aromatic nitrogens is 4. The van der Waals surface area contributed by atoms with Crippen LogP contribution in [0.25, 0.3) is 0 Å². The zero-order chi connectivity index (χ0) is 49.9. The standard InChI is InChI=1S/C54H76N12O6/c1-4-72-53(71)48-35(2)56-54(58-41-31-55-61(3)32-41)60-49(48)57-40-13-17-42(18-14-40)62-26-28-64(29-27-62)52(70)39-9-7-38(8-10-39)51(69)63-24-21-36(22-25-63)6-5-23-65-33-45-30-44(65)34-66(45)43-15-11-37(12-16-43)46-19-20-47(67)59-50(46)68/h11-12,15-16,31-32,36,38-40,42,44-46H,4-10,13-14,17-30,33-34H2,1-3H3,(H,59,67,68)(H2,56,57,58,60)/t38?,39?,40?,42?,44-,45-,46?/m0/s1. The molecule has 7 heterocycles. The van der Waals surface area contributed by atoms with Crippen molar-refractivity contribution in [2.24, 2.45) is 24.8 Å². The minimum Gasteiger partial charge on any atom is -0.462 e. The number of rotatable bonds is 15. The Hall–Kier alpha value is -5.62. The smallest absolute Gasteiger partial charge is 0.343 e. The molecule has 3 N–H and O–H groups in total.